The molecule has 0 spiro atoms. The zero-order valence-corrected chi connectivity index (χ0v) is 14.2. The molecule has 3 rings (SSSR count). The summed E-state index contributed by atoms with van der Waals surface area (Å²) in [5.74, 6) is 0.435. The van der Waals surface area contributed by atoms with Gasteiger partial charge < -0.3 is 15.2 Å². The molecule has 2 aromatic carbocycles. The maximum atomic E-state index is 12.4. The van der Waals surface area contributed by atoms with Crippen molar-refractivity contribution in [3.8, 4) is 17.6 Å². The van der Waals surface area contributed by atoms with Gasteiger partial charge in [-0.25, -0.2) is 9.97 Å². The van der Waals surface area contributed by atoms with E-state index in [1.165, 1.54) is 31.4 Å². The molecule has 0 bridgehead atoms. The van der Waals surface area contributed by atoms with Gasteiger partial charge in [0.25, 0.3) is 0 Å². The Morgan fingerprint density at radius 2 is 1.96 bits per heavy atom. The molecule has 0 saturated carbocycles. The fourth-order valence-corrected chi connectivity index (χ4v) is 2.50. The Morgan fingerprint density at radius 3 is 2.67 bits per heavy atom. The molecule has 136 valence electrons. The number of halogens is 2. The van der Waals surface area contributed by atoms with Crippen LogP contribution in [0, 0.1) is 11.3 Å². The number of nitrogens with zero attached hydrogens (tertiary/aromatic N) is 3. The third-order valence-electron chi connectivity index (χ3n) is 3.71. The van der Waals surface area contributed by atoms with E-state index in [2.05, 4.69) is 14.7 Å². The molecule has 1 heterocycles. The lowest BCUT2D eigenvalue weighted by Gasteiger charge is -2.10. The highest BCUT2D eigenvalue weighted by Crippen LogP contribution is 2.31. The summed E-state index contributed by atoms with van der Waals surface area (Å²) in [4.78, 5) is 8.55. The molecule has 6 nitrogen and oxygen atoms in total. The van der Waals surface area contributed by atoms with Crippen LogP contribution in [0.25, 0.3) is 22.6 Å². The van der Waals surface area contributed by atoms with Crippen molar-refractivity contribution in [2.24, 2.45) is 0 Å². The van der Waals surface area contributed by atoms with E-state index in [1.807, 2.05) is 12.1 Å². The van der Waals surface area contributed by atoms with Crippen LogP contribution < -0.4 is 15.2 Å². The summed E-state index contributed by atoms with van der Waals surface area (Å²) in [5, 5.41) is 10.2. The average Bonchev–Trinajstić information content (AvgIpc) is 2.66. The largest absolute Gasteiger partial charge is 0.493 e. The second kappa shape index (κ2) is 7.66. The van der Waals surface area contributed by atoms with Gasteiger partial charge in [-0.05, 0) is 35.9 Å². The van der Waals surface area contributed by atoms with Crippen molar-refractivity contribution in [3.05, 3.63) is 53.9 Å². The fourth-order valence-electron chi connectivity index (χ4n) is 2.50. The minimum Gasteiger partial charge on any atom is -0.493 e. The van der Waals surface area contributed by atoms with Crippen LogP contribution in [0.5, 0.6) is 11.5 Å². The summed E-state index contributed by atoms with van der Waals surface area (Å²) in [6.45, 7) is -2.97. The highest BCUT2D eigenvalue weighted by atomic mass is 19.3. The topological polar surface area (TPSA) is 94.0 Å². The number of nitrogen functional groups attached to an aromatic ring is 1. The van der Waals surface area contributed by atoms with Crippen LogP contribution >= 0.6 is 0 Å². The molecule has 2 N–H and O–H groups in total. The van der Waals surface area contributed by atoms with E-state index in [0.29, 0.717) is 16.5 Å². The number of allylic oxidation sites excluding steroid dienone is 1. The highest BCUT2D eigenvalue weighted by Gasteiger charge is 2.13. The number of hydrogen-bond donors (Lipinski definition) is 1. The molecular formula is C19H14F2N4O2. The van der Waals surface area contributed by atoms with Gasteiger partial charge in [0.2, 0.25) is 0 Å². The minimum absolute atomic E-state index is 0.102. The van der Waals surface area contributed by atoms with Gasteiger partial charge in [0.15, 0.2) is 17.3 Å². The van der Waals surface area contributed by atoms with Crippen molar-refractivity contribution < 1.29 is 18.3 Å². The molecule has 27 heavy (non-hydrogen) atoms. The number of benzene rings is 2. The molecule has 0 atom stereocenters. The van der Waals surface area contributed by atoms with Crippen molar-refractivity contribution >= 4 is 28.4 Å². The van der Waals surface area contributed by atoms with Gasteiger partial charge in [0.1, 0.15) is 11.9 Å². The summed E-state index contributed by atoms with van der Waals surface area (Å²) < 4.78 is 34.3. The fraction of sp³-hybridized carbons (Fsp3) is 0.105. The molecule has 0 aliphatic carbocycles. The van der Waals surface area contributed by atoms with Crippen LogP contribution in [-0.2, 0) is 0 Å². The molecule has 3 aromatic rings. The Kier molecular flexibility index (Phi) is 5.13. The summed E-state index contributed by atoms with van der Waals surface area (Å²) in [7, 11) is 1.33. The minimum atomic E-state index is -2.97. The Morgan fingerprint density at radius 1 is 1.19 bits per heavy atom. The van der Waals surface area contributed by atoms with E-state index in [1.54, 1.807) is 18.2 Å². The predicted octanol–water partition coefficient (Wildman–Crippen LogP) is 3.89. The van der Waals surface area contributed by atoms with Gasteiger partial charge in [-0.1, -0.05) is 18.2 Å². The third kappa shape index (κ3) is 3.93. The van der Waals surface area contributed by atoms with Crippen LogP contribution in [0.1, 0.15) is 11.4 Å². The Balaban J connectivity index is 2.03. The standard InChI is InChI=1S/C19H14F2N4O2/c1-26-16-9-11(6-7-15(16)27-19(20)21)8-12(10-22)18-24-14-5-3-2-4-13(14)17(23)25-18/h2-9,19H,1H3,(H2,23,24,25)/b12-8-. The van der Waals surface area contributed by atoms with Gasteiger partial charge in [-0.3, -0.25) is 0 Å². The van der Waals surface area contributed by atoms with Gasteiger partial charge in [0, 0.05) is 5.39 Å². The average molecular weight is 368 g/mol. The number of para-hydroxylation sites is 1. The molecule has 0 radical (unpaired) electrons. The zero-order valence-electron chi connectivity index (χ0n) is 14.2. The first-order valence-corrected chi connectivity index (χ1v) is 7.79. The van der Waals surface area contributed by atoms with E-state index < -0.39 is 6.61 Å². The second-order valence-corrected chi connectivity index (χ2v) is 5.41. The summed E-state index contributed by atoms with van der Waals surface area (Å²) in [5.41, 5.74) is 7.26. The smallest absolute Gasteiger partial charge is 0.387 e. The van der Waals surface area contributed by atoms with Crippen molar-refractivity contribution in [1.82, 2.24) is 9.97 Å². The zero-order chi connectivity index (χ0) is 19.4. The van der Waals surface area contributed by atoms with Crippen molar-refractivity contribution in [2.45, 2.75) is 6.61 Å². The third-order valence-corrected chi connectivity index (χ3v) is 3.71. The molecular weight excluding hydrogens is 354 g/mol. The lowest BCUT2D eigenvalue weighted by Crippen LogP contribution is -2.03. The monoisotopic (exact) mass is 368 g/mol. The normalized spacial score (nSPS) is 11.4. The Bertz CT molecular complexity index is 1060. The van der Waals surface area contributed by atoms with E-state index in [-0.39, 0.29) is 28.7 Å². The molecule has 0 amide bonds. The maximum absolute atomic E-state index is 12.4. The van der Waals surface area contributed by atoms with Crippen molar-refractivity contribution in [2.75, 3.05) is 12.8 Å². The van der Waals surface area contributed by atoms with Gasteiger partial charge in [-0.15, -0.1) is 0 Å². The predicted molar refractivity (Wildman–Crippen MR) is 97.1 cm³/mol. The summed E-state index contributed by atoms with van der Waals surface area (Å²) >= 11 is 0. The first-order valence-electron chi connectivity index (χ1n) is 7.79. The quantitative estimate of drug-likeness (QED) is 0.687. The summed E-state index contributed by atoms with van der Waals surface area (Å²) in [6.07, 6.45) is 1.51. The molecule has 1 aromatic heterocycles. The maximum Gasteiger partial charge on any atom is 0.387 e. The molecule has 0 unspecified atom stereocenters. The number of aromatic nitrogens is 2. The van der Waals surface area contributed by atoms with Crippen LogP contribution in [0.3, 0.4) is 0 Å². The first kappa shape index (κ1) is 18.1. The molecule has 0 saturated heterocycles. The van der Waals surface area contributed by atoms with Crippen LogP contribution in [0.2, 0.25) is 0 Å². The molecule has 0 aliphatic rings. The summed E-state index contributed by atoms with van der Waals surface area (Å²) in [6, 6.07) is 13.5. The lowest BCUT2D eigenvalue weighted by atomic mass is 10.1. The molecule has 0 aliphatic heterocycles. The Labute approximate surface area is 153 Å². The number of methoxy groups -OCH3 is 1. The molecule has 8 heteroatoms. The number of rotatable bonds is 5. The lowest BCUT2D eigenvalue weighted by molar-refractivity contribution is -0.0512. The number of fused-ring (bicyclic) bond motifs is 1. The van der Waals surface area contributed by atoms with Crippen molar-refractivity contribution in [1.29, 1.82) is 5.26 Å². The number of nitriles is 1. The number of ether oxygens (including phenoxy) is 2. The van der Waals surface area contributed by atoms with E-state index >= 15 is 0 Å². The number of alkyl halides is 2. The highest BCUT2D eigenvalue weighted by molar-refractivity contribution is 5.93. The Hall–Kier alpha value is -3.73. The number of hydrogen-bond acceptors (Lipinski definition) is 6. The van der Waals surface area contributed by atoms with Gasteiger partial charge >= 0.3 is 6.61 Å². The van der Waals surface area contributed by atoms with E-state index in [4.69, 9.17) is 10.5 Å². The number of nitrogens with two attached hydrogens (primary N) is 1. The number of anilines is 1. The van der Waals surface area contributed by atoms with Crippen molar-refractivity contribution in [3.63, 3.8) is 0 Å². The SMILES string of the molecule is COc1cc(/C=C(/C#N)c2nc(N)c3ccccc3n2)ccc1OC(F)F. The first-order chi connectivity index (χ1) is 13.0. The van der Waals surface area contributed by atoms with Crippen LogP contribution in [0.15, 0.2) is 42.5 Å². The van der Waals surface area contributed by atoms with E-state index in [0.717, 1.165) is 0 Å². The second-order valence-electron chi connectivity index (χ2n) is 5.41. The van der Waals surface area contributed by atoms with E-state index in [9.17, 15) is 14.0 Å². The van der Waals surface area contributed by atoms with Crippen LogP contribution in [-0.4, -0.2) is 23.7 Å². The van der Waals surface area contributed by atoms with Gasteiger partial charge in [-0.2, -0.15) is 14.0 Å². The van der Waals surface area contributed by atoms with Gasteiger partial charge in [0.05, 0.1) is 18.2 Å². The van der Waals surface area contributed by atoms with Crippen LogP contribution in [0.4, 0.5) is 14.6 Å². The molecule has 0 fully saturated rings.